The van der Waals surface area contributed by atoms with Crippen LogP contribution < -0.4 is 5.32 Å². The summed E-state index contributed by atoms with van der Waals surface area (Å²) >= 11 is 0. The minimum Gasteiger partial charge on any atom is -0.508 e. The molecule has 0 unspecified atom stereocenters. The molecule has 138 valence electrons. The normalized spacial score (nSPS) is 12.2. The monoisotopic (exact) mass is 360 g/mol. The second-order valence-electron chi connectivity index (χ2n) is 5.56. The third-order valence-electron chi connectivity index (χ3n) is 3.63. The van der Waals surface area contributed by atoms with Crippen LogP contribution in [0.3, 0.4) is 0 Å². The summed E-state index contributed by atoms with van der Waals surface area (Å²) in [6.07, 6.45) is 4.78. The minimum atomic E-state index is -1.13. The number of hydrogen-bond acceptors (Lipinski definition) is 6. The Labute approximate surface area is 149 Å². The van der Waals surface area contributed by atoms with Gasteiger partial charge in [-0.15, -0.1) is 0 Å². The van der Waals surface area contributed by atoms with Gasteiger partial charge in [0.25, 0.3) is 0 Å². The topological polar surface area (TPSA) is 148 Å². The van der Waals surface area contributed by atoms with Crippen molar-refractivity contribution in [3.63, 3.8) is 0 Å². The quantitative estimate of drug-likeness (QED) is 0.414. The number of carboxylic acids is 1. The maximum absolute atomic E-state index is 11.9. The summed E-state index contributed by atoms with van der Waals surface area (Å²) in [5.74, 6) is -1.62. The number of aromatic nitrogens is 2. The maximum Gasteiger partial charge on any atom is 0.326 e. The van der Waals surface area contributed by atoms with Crippen molar-refractivity contribution in [1.29, 1.82) is 0 Å². The Balaban J connectivity index is 1.77. The predicted octanol–water partition coefficient (Wildman–Crippen LogP) is 0.636. The number of imidazole rings is 1. The number of carbonyl (C=O) groups excluding carboxylic acids is 1. The number of hydrogen-bond donors (Lipinski definition) is 5. The van der Waals surface area contributed by atoms with Crippen LogP contribution in [-0.4, -0.2) is 56.0 Å². The number of carbonyl (C=O) groups is 2. The van der Waals surface area contributed by atoms with Crippen molar-refractivity contribution >= 4 is 18.1 Å². The van der Waals surface area contributed by atoms with E-state index in [0.29, 0.717) is 11.3 Å². The summed E-state index contributed by atoms with van der Waals surface area (Å²) < 4.78 is 0. The fraction of sp³-hybridized carbons (Fsp3) is 0.294. The van der Waals surface area contributed by atoms with E-state index in [1.807, 2.05) is 0 Å². The molecule has 0 saturated carbocycles. The third-order valence-corrected chi connectivity index (χ3v) is 3.63. The molecule has 0 radical (unpaired) electrons. The molecule has 0 aliphatic carbocycles. The third kappa shape index (κ3) is 5.62. The van der Waals surface area contributed by atoms with Crippen molar-refractivity contribution in [3.05, 3.63) is 42.0 Å². The summed E-state index contributed by atoms with van der Waals surface area (Å²) in [6.45, 7) is 0.163. The van der Waals surface area contributed by atoms with Gasteiger partial charge in [-0.25, -0.2) is 9.78 Å². The Morgan fingerprint density at radius 3 is 2.65 bits per heavy atom. The maximum atomic E-state index is 11.9. The van der Waals surface area contributed by atoms with Crippen molar-refractivity contribution in [3.8, 4) is 11.5 Å². The number of aliphatic carboxylic acids is 1. The van der Waals surface area contributed by atoms with E-state index in [2.05, 4.69) is 20.3 Å². The molecule has 1 aromatic heterocycles. The molecule has 0 bridgehead atoms. The van der Waals surface area contributed by atoms with Crippen LogP contribution >= 0.6 is 0 Å². The molecule has 5 N–H and O–H groups in total. The number of benzene rings is 1. The van der Waals surface area contributed by atoms with E-state index in [-0.39, 0.29) is 37.3 Å². The largest absolute Gasteiger partial charge is 0.508 e. The first kappa shape index (κ1) is 19.0. The zero-order chi connectivity index (χ0) is 18.9. The van der Waals surface area contributed by atoms with Gasteiger partial charge in [0.15, 0.2) is 0 Å². The zero-order valence-electron chi connectivity index (χ0n) is 13.9. The van der Waals surface area contributed by atoms with Crippen LogP contribution in [0.15, 0.2) is 35.7 Å². The Morgan fingerprint density at radius 2 is 2.04 bits per heavy atom. The number of carboxylic acid groups (broad SMARTS) is 1. The average molecular weight is 360 g/mol. The molecule has 0 aliphatic heterocycles. The smallest absolute Gasteiger partial charge is 0.326 e. The molecular formula is C17H20N4O5. The minimum absolute atomic E-state index is 0.0238. The number of aromatic amines is 1. The highest BCUT2D eigenvalue weighted by atomic mass is 16.4. The standard InChI is InChI=1S/C17H20N4O5/c22-14-2-1-3-15(23)12(14)4-6-18-7-5-16(24)21-13(17(25)26)8-11-9-19-10-20-11/h1-3,6,9-10,13,22-23H,4-5,7-8H2,(H,19,20)(H,21,24)(H,25,26)/t13-/m0/s1. The number of aliphatic imine (C=N–C) groups is 1. The van der Waals surface area contributed by atoms with Crippen molar-refractivity contribution in [1.82, 2.24) is 15.3 Å². The van der Waals surface area contributed by atoms with Crippen molar-refractivity contribution in [2.24, 2.45) is 4.99 Å². The van der Waals surface area contributed by atoms with Gasteiger partial charge in [0.05, 0.1) is 6.33 Å². The molecule has 1 heterocycles. The van der Waals surface area contributed by atoms with Gasteiger partial charge in [-0.05, 0) is 12.1 Å². The lowest BCUT2D eigenvalue weighted by atomic mass is 10.1. The van der Waals surface area contributed by atoms with E-state index in [1.54, 1.807) is 0 Å². The Bertz CT molecular complexity index is 753. The van der Waals surface area contributed by atoms with Gasteiger partial charge in [-0.3, -0.25) is 9.79 Å². The predicted molar refractivity (Wildman–Crippen MR) is 93.3 cm³/mol. The van der Waals surface area contributed by atoms with Crippen LogP contribution in [0, 0.1) is 0 Å². The molecule has 9 heteroatoms. The first-order valence-electron chi connectivity index (χ1n) is 7.95. The number of H-pyrrole nitrogens is 1. The number of aromatic hydroxyl groups is 2. The molecule has 2 rings (SSSR count). The van der Waals surface area contributed by atoms with Gasteiger partial charge in [-0.2, -0.15) is 0 Å². The lowest BCUT2D eigenvalue weighted by molar-refractivity contribution is -0.141. The van der Waals surface area contributed by atoms with Gasteiger partial charge in [0.1, 0.15) is 17.5 Å². The summed E-state index contributed by atoms with van der Waals surface area (Å²) in [7, 11) is 0. The van der Waals surface area contributed by atoms with E-state index in [0.717, 1.165) is 0 Å². The van der Waals surface area contributed by atoms with E-state index in [1.165, 1.54) is 36.9 Å². The lowest BCUT2D eigenvalue weighted by Gasteiger charge is -2.13. The average Bonchev–Trinajstić information content (AvgIpc) is 3.09. The molecule has 2 aromatic rings. The number of phenols is 2. The van der Waals surface area contributed by atoms with Crippen molar-refractivity contribution in [2.45, 2.75) is 25.3 Å². The number of phenolic OH excluding ortho intramolecular Hbond substituents is 2. The molecule has 0 saturated heterocycles. The molecule has 26 heavy (non-hydrogen) atoms. The van der Waals surface area contributed by atoms with Crippen molar-refractivity contribution in [2.75, 3.05) is 6.54 Å². The van der Waals surface area contributed by atoms with Crippen molar-refractivity contribution < 1.29 is 24.9 Å². The van der Waals surface area contributed by atoms with E-state index in [4.69, 9.17) is 0 Å². The molecule has 0 spiro atoms. The van der Waals surface area contributed by atoms with Crippen LogP contribution in [0.25, 0.3) is 0 Å². The number of nitrogens with one attached hydrogen (secondary N) is 2. The fourth-order valence-corrected chi connectivity index (χ4v) is 2.27. The van der Waals surface area contributed by atoms with E-state index in [9.17, 15) is 24.9 Å². The Hall–Kier alpha value is -3.36. The van der Waals surface area contributed by atoms with Crippen LogP contribution in [0.4, 0.5) is 0 Å². The highest BCUT2D eigenvalue weighted by Gasteiger charge is 2.20. The van der Waals surface area contributed by atoms with Crippen LogP contribution in [0.2, 0.25) is 0 Å². The van der Waals surface area contributed by atoms with E-state index >= 15 is 0 Å². The lowest BCUT2D eigenvalue weighted by Crippen LogP contribution is -2.42. The number of amides is 1. The van der Waals surface area contributed by atoms with Gasteiger partial charge in [0, 0.05) is 49.5 Å². The molecule has 1 amide bonds. The van der Waals surface area contributed by atoms with Crippen LogP contribution in [-0.2, 0) is 22.4 Å². The van der Waals surface area contributed by atoms with Gasteiger partial charge >= 0.3 is 5.97 Å². The molecule has 0 aliphatic rings. The summed E-state index contributed by atoms with van der Waals surface area (Å²) in [5, 5.41) is 30.9. The second-order valence-corrected chi connectivity index (χ2v) is 5.56. The van der Waals surface area contributed by atoms with Gasteiger partial charge in [0.2, 0.25) is 5.91 Å². The highest BCUT2D eigenvalue weighted by molar-refractivity contribution is 5.83. The van der Waals surface area contributed by atoms with Crippen LogP contribution in [0.5, 0.6) is 11.5 Å². The fourth-order valence-electron chi connectivity index (χ4n) is 2.27. The first-order chi connectivity index (χ1) is 12.5. The molecule has 1 aromatic carbocycles. The number of rotatable bonds is 9. The highest BCUT2D eigenvalue weighted by Crippen LogP contribution is 2.25. The molecule has 9 nitrogen and oxygen atoms in total. The molecular weight excluding hydrogens is 340 g/mol. The Kier molecular flexibility index (Phi) is 6.72. The molecule has 1 atom stereocenters. The zero-order valence-corrected chi connectivity index (χ0v) is 13.9. The summed E-state index contributed by atoms with van der Waals surface area (Å²) in [5.41, 5.74) is 0.962. The summed E-state index contributed by atoms with van der Waals surface area (Å²) in [4.78, 5) is 33.7. The van der Waals surface area contributed by atoms with Gasteiger partial charge < -0.3 is 25.6 Å². The Morgan fingerprint density at radius 1 is 1.31 bits per heavy atom. The first-order valence-corrected chi connectivity index (χ1v) is 7.95. The summed E-state index contributed by atoms with van der Waals surface area (Å²) in [6, 6.07) is 3.40. The second kappa shape index (κ2) is 9.21. The SMILES string of the molecule is O=C(CCN=CCc1c(O)cccc1O)N[C@@H](Cc1cnc[nH]1)C(=O)O. The van der Waals surface area contributed by atoms with Crippen LogP contribution in [0.1, 0.15) is 17.7 Å². The van der Waals surface area contributed by atoms with E-state index < -0.39 is 17.9 Å². The number of nitrogens with zero attached hydrogens (tertiary/aromatic N) is 2. The van der Waals surface area contributed by atoms with Gasteiger partial charge in [-0.1, -0.05) is 6.07 Å². The molecule has 0 fully saturated rings.